The zero-order chi connectivity index (χ0) is 18.1. The van der Waals surface area contributed by atoms with Crippen LogP contribution < -0.4 is 14.8 Å². The molecule has 0 aliphatic carbocycles. The van der Waals surface area contributed by atoms with Crippen LogP contribution in [0.3, 0.4) is 0 Å². The molecule has 1 unspecified atom stereocenters. The first kappa shape index (κ1) is 19.5. The van der Waals surface area contributed by atoms with Crippen molar-refractivity contribution in [2.45, 2.75) is 18.7 Å². The minimum Gasteiger partial charge on any atom is -0.497 e. The standard InChI is InChI=1S/C19H22ClNO3S/c1-14(11-24-18-9-7-17(23-2)8-10-18)21-19(22)13-25-12-15-3-5-16(20)6-4-15/h3-10,14H,11-13H2,1-2H3,(H,21,22). The lowest BCUT2D eigenvalue weighted by Gasteiger charge is -2.15. The summed E-state index contributed by atoms with van der Waals surface area (Å²) in [6.07, 6.45) is 0. The van der Waals surface area contributed by atoms with Crippen molar-refractivity contribution < 1.29 is 14.3 Å². The Morgan fingerprint density at radius 2 is 1.76 bits per heavy atom. The molecule has 2 rings (SSSR count). The van der Waals surface area contributed by atoms with Crippen LogP contribution >= 0.6 is 23.4 Å². The summed E-state index contributed by atoms with van der Waals surface area (Å²) in [7, 11) is 1.62. The van der Waals surface area contributed by atoms with Gasteiger partial charge in [0, 0.05) is 10.8 Å². The van der Waals surface area contributed by atoms with Crippen molar-refractivity contribution in [2.75, 3.05) is 19.5 Å². The topological polar surface area (TPSA) is 47.6 Å². The fourth-order valence-electron chi connectivity index (χ4n) is 2.09. The Bertz CT molecular complexity index is 661. The van der Waals surface area contributed by atoms with Crippen LogP contribution in [0.15, 0.2) is 48.5 Å². The smallest absolute Gasteiger partial charge is 0.230 e. The van der Waals surface area contributed by atoms with Crippen LogP contribution in [-0.4, -0.2) is 31.4 Å². The highest BCUT2D eigenvalue weighted by molar-refractivity contribution is 7.99. The Morgan fingerprint density at radius 3 is 2.40 bits per heavy atom. The van der Waals surface area contributed by atoms with Crippen molar-refractivity contribution >= 4 is 29.3 Å². The summed E-state index contributed by atoms with van der Waals surface area (Å²) in [5.74, 6) is 2.73. The van der Waals surface area contributed by atoms with E-state index in [0.717, 1.165) is 27.8 Å². The second-order valence-corrected chi connectivity index (χ2v) is 7.00. The van der Waals surface area contributed by atoms with Gasteiger partial charge in [-0.25, -0.2) is 0 Å². The minimum absolute atomic E-state index is 0.00444. The van der Waals surface area contributed by atoms with Crippen LogP contribution in [0.4, 0.5) is 0 Å². The molecule has 0 fully saturated rings. The molecule has 1 amide bonds. The van der Waals surface area contributed by atoms with Crippen molar-refractivity contribution in [3.05, 3.63) is 59.1 Å². The summed E-state index contributed by atoms with van der Waals surface area (Å²) in [5.41, 5.74) is 1.15. The van der Waals surface area contributed by atoms with Gasteiger partial charge in [0.1, 0.15) is 18.1 Å². The van der Waals surface area contributed by atoms with Gasteiger partial charge >= 0.3 is 0 Å². The summed E-state index contributed by atoms with van der Waals surface area (Å²) in [6.45, 7) is 2.34. The third-order valence-corrected chi connectivity index (χ3v) is 4.64. The van der Waals surface area contributed by atoms with Gasteiger partial charge in [-0.15, -0.1) is 11.8 Å². The monoisotopic (exact) mass is 379 g/mol. The van der Waals surface area contributed by atoms with E-state index in [1.54, 1.807) is 18.9 Å². The average molecular weight is 380 g/mol. The third-order valence-electron chi connectivity index (χ3n) is 3.38. The summed E-state index contributed by atoms with van der Waals surface area (Å²) in [6, 6.07) is 15.0. The van der Waals surface area contributed by atoms with Gasteiger partial charge in [-0.2, -0.15) is 0 Å². The maximum absolute atomic E-state index is 12.0. The predicted molar refractivity (Wildman–Crippen MR) is 104 cm³/mol. The fourth-order valence-corrected chi connectivity index (χ4v) is 3.02. The van der Waals surface area contributed by atoms with Crippen molar-refractivity contribution in [1.29, 1.82) is 0 Å². The number of thioether (sulfide) groups is 1. The van der Waals surface area contributed by atoms with Gasteiger partial charge in [-0.1, -0.05) is 23.7 Å². The molecule has 4 nitrogen and oxygen atoms in total. The second kappa shape index (κ2) is 10.2. The van der Waals surface area contributed by atoms with Crippen LogP contribution in [0.2, 0.25) is 5.02 Å². The van der Waals surface area contributed by atoms with E-state index in [0.29, 0.717) is 12.4 Å². The number of nitrogens with one attached hydrogen (secondary N) is 1. The first-order valence-corrected chi connectivity index (χ1v) is 9.48. The Labute approximate surface area is 157 Å². The van der Waals surface area contributed by atoms with E-state index in [4.69, 9.17) is 21.1 Å². The molecule has 0 bridgehead atoms. The quantitative estimate of drug-likeness (QED) is 0.710. The molecule has 0 radical (unpaired) electrons. The van der Waals surface area contributed by atoms with Gasteiger partial charge in [0.2, 0.25) is 5.91 Å². The number of rotatable bonds is 9. The number of carbonyl (C=O) groups excluding carboxylic acids is 1. The maximum Gasteiger partial charge on any atom is 0.230 e. The van der Waals surface area contributed by atoms with E-state index in [1.807, 2.05) is 55.5 Å². The van der Waals surface area contributed by atoms with Crippen LogP contribution in [0, 0.1) is 0 Å². The normalized spacial score (nSPS) is 11.6. The van der Waals surface area contributed by atoms with Gasteiger partial charge < -0.3 is 14.8 Å². The predicted octanol–water partition coefficient (Wildman–Crippen LogP) is 4.17. The molecular weight excluding hydrogens is 358 g/mol. The molecular formula is C19H22ClNO3S. The van der Waals surface area contributed by atoms with Crippen LogP contribution in [0.1, 0.15) is 12.5 Å². The molecule has 2 aromatic carbocycles. The first-order chi connectivity index (χ1) is 12.1. The van der Waals surface area contributed by atoms with Gasteiger partial charge in [0.05, 0.1) is 18.9 Å². The molecule has 1 atom stereocenters. The highest BCUT2D eigenvalue weighted by Gasteiger charge is 2.08. The third kappa shape index (κ3) is 7.28. The lowest BCUT2D eigenvalue weighted by atomic mass is 10.2. The largest absolute Gasteiger partial charge is 0.497 e. The second-order valence-electron chi connectivity index (χ2n) is 5.57. The number of amides is 1. The fraction of sp³-hybridized carbons (Fsp3) is 0.316. The minimum atomic E-state index is -0.0641. The number of carbonyl (C=O) groups is 1. The average Bonchev–Trinajstić information content (AvgIpc) is 2.62. The van der Waals surface area contributed by atoms with Gasteiger partial charge in [0.15, 0.2) is 0 Å². The summed E-state index contributed by atoms with van der Waals surface area (Å²) in [5, 5.41) is 3.66. The highest BCUT2D eigenvalue weighted by Crippen LogP contribution is 2.17. The van der Waals surface area contributed by atoms with Crippen molar-refractivity contribution in [3.63, 3.8) is 0 Å². The number of ether oxygens (including phenoxy) is 2. The van der Waals surface area contributed by atoms with Crippen LogP contribution in [0.25, 0.3) is 0 Å². The first-order valence-electron chi connectivity index (χ1n) is 7.95. The number of hydrogen-bond acceptors (Lipinski definition) is 4. The van der Waals surface area contributed by atoms with Crippen molar-refractivity contribution in [2.24, 2.45) is 0 Å². The summed E-state index contributed by atoms with van der Waals surface area (Å²) < 4.78 is 10.8. The molecule has 6 heteroatoms. The number of benzene rings is 2. The summed E-state index contributed by atoms with van der Waals surface area (Å²) in [4.78, 5) is 12.0. The number of hydrogen-bond donors (Lipinski definition) is 1. The summed E-state index contributed by atoms with van der Waals surface area (Å²) >= 11 is 7.42. The molecule has 0 aromatic heterocycles. The Morgan fingerprint density at radius 1 is 1.12 bits per heavy atom. The molecule has 0 spiro atoms. The molecule has 0 aliphatic rings. The van der Waals surface area contributed by atoms with Gasteiger partial charge in [0.25, 0.3) is 0 Å². The van der Waals surface area contributed by atoms with E-state index in [-0.39, 0.29) is 11.9 Å². The molecule has 0 aliphatic heterocycles. The Hall–Kier alpha value is -1.85. The van der Waals surface area contributed by atoms with Crippen molar-refractivity contribution in [1.82, 2.24) is 5.32 Å². The molecule has 2 aromatic rings. The molecule has 1 N–H and O–H groups in total. The Balaban J connectivity index is 1.64. The lowest BCUT2D eigenvalue weighted by Crippen LogP contribution is -2.37. The molecule has 25 heavy (non-hydrogen) atoms. The van der Waals surface area contributed by atoms with E-state index >= 15 is 0 Å². The zero-order valence-corrected chi connectivity index (χ0v) is 15.9. The van der Waals surface area contributed by atoms with E-state index < -0.39 is 0 Å². The van der Waals surface area contributed by atoms with Crippen LogP contribution in [-0.2, 0) is 10.5 Å². The van der Waals surface area contributed by atoms with Gasteiger partial charge in [-0.3, -0.25) is 4.79 Å². The van der Waals surface area contributed by atoms with Gasteiger partial charge in [-0.05, 0) is 48.9 Å². The molecule has 0 saturated carbocycles. The van der Waals surface area contributed by atoms with E-state index in [9.17, 15) is 4.79 Å². The van der Waals surface area contributed by atoms with E-state index in [1.165, 1.54) is 0 Å². The SMILES string of the molecule is COc1ccc(OCC(C)NC(=O)CSCc2ccc(Cl)cc2)cc1. The molecule has 0 heterocycles. The zero-order valence-electron chi connectivity index (χ0n) is 14.3. The molecule has 0 saturated heterocycles. The number of methoxy groups -OCH3 is 1. The highest BCUT2D eigenvalue weighted by atomic mass is 35.5. The van der Waals surface area contributed by atoms with E-state index in [2.05, 4.69) is 5.32 Å². The molecule has 134 valence electrons. The number of halogens is 1. The van der Waals surface area contributed by atoms with Crippen LogP contribution in [0.5, 0.6) is 11.5 Å². The Kier molecular flexibility index (Phi) is 7.95. The lowest BCUT2D eigenvalue weighted by molar-refractivity contribution is -0.119. The van der Waals surface area contributed by atoms with Crippen molar-refractivity contribution in [3.8, 4) is 11.5 Å². The maximum atomic E-state index is 12.0.